The summed E-state index contributed by atoms with van der Waals surface area (Å²) >= 11 is 0. The van der Waals surface area contributed by atoms with Crippen molar-refractivity contribution in [2.75, 3.05) is 0 Å². The Labute approximate surface area is 104 Å². The number of nitrogens with zero attached hydrogens (tertiary/aromatic N) is 3. The molecule has 2 aromatic heterocycles. The highest BCUT2D eigenvalue weighted by atomic mass is 16.2. The highest BCUT2D eigenvalue weighted by molar-refractivity contribution is 5.24. The summed E-state index contributed by atoms with van der Waals surface area (Å²) in [6.45, 7) is 5.68. The molecule has 0 bridgehead atoms. The Balaban J connectivity index is 2.71. The van der Waals surface area contributed by atoms with Crippen molar-refractivity contribution < 1.29 is 0 Å². The van der Waals surface area contributed by atoms with Gasteiger partial charge in [-0.05, 0) is 32.4 Å². The van der Waals surface area contributed by atoms with E-state index in [1.54, 1.807) is 12.3 Å². The van der Waals surface area contributed by atoms with Gasteiger partial charge in [-0.2, -0.15) is 0 Å². The van der Waals surface area contributed by atoms with Crippen LogP contribution in [-0.4, -0.2) is 14.1 Å². The van der Waals surface area contributed by atoms with Gasteiger partial charge in [-0.3, -0.25) is 9.36 Å². The minimum atomic E-state index is -0.367. The third kappa shape index (κ3) is 2.11. The van der Waals surface area contributed by atoms with E-state index in [4.69, 9.17) is 0 Å². The van der Waals surface area contributed by atoms with Crippen LogP contribution in [0.15, 0.2) is 40.2 Å². The van der Waals surface area contributed by atoms with E-state index in [1.165, 1.54) is 16.8 Å². The SMILES string of the molecule is Cc1ccc(-n2c(=O)ccn(C(C)C)c2=O)nc1. The molecule has 94 valence electrons. The van der Waals surface area contributed by atoms with Crippen LogP contribution >= 0.6 is 0 Å². The molecule has 0 saturated heterocycles. The summed E-state index contributed by atoms with van der Waals surface area (Å²) in [4.78, 5) is 28.1. The van der Waals surface area contributed by atoms with Crippen LogP contribution in [0.1, 0.15) is 25.5 Å². The smallest absolute Gasteiger partial charge is 0.298 e. The summed E-state index contributed by atoms with van der Waals surface area (Å²) in [6.07, 6.45) is 3.15. The minimum Gasteiger partial charge on any atom is -0.298 e. The monoisotopic (exact) mass is 245 g/mol. The largest absolute Gasteiger partial charge is 0.337 e. The minimum absolute atomic E-state index is 0.00482. The zero-order valence-corrected chi connectivity index (χ0v) is 10.6. The summed E-state index contributed by atoms with van der Waals surface area (Å²) in [5.41, 5.74) is 0.244. The van der Waals surface area contributed by atoms with Crippen molar-refractivity contribution in [2.45, 2.75) is 26.8 Å². The number of rotatable bonds is 2. The van der Waals surface area contributed by atoms with E-state index in [-0.39, 0.29) is 17.3 Å². The molecule has 0 amide bonds. The average Bonchev–Trinajstić information content (AvgIpc) is 2.31. The van der Waals surface area contributed by atoms with Gasteiger partial charge in [0.2, 0.25) is 0 Å². The highest BCUT2D eigenvalue weighted by Crippen LogP contribution is 2.02. The lowest BCUT2D eigenvalue weighted by atomic mass is 10.3. The zero-order chi connectivity index (χ0) is 13.3. The molecule has 0 unspecified atom stereocenters. The van der Waals surface area contributed by atoms with Crippen LogP contribution in [-0.2, 0) is 0 Å². The number of hydrogen-bond acceptors (Lipinski definition) is 3. The first-order valence-electron chi connectivity index (χ1n) is 5.78. The van der Waals surface area contributed by atoms with Crippen LogP contribution in [0.2, 0.25) is 0 Å². The van der Waals surface area contributed by atoms with Gasteiger partial charge in [-0.1, -0.05) is 6.07 Å². The van der Waals surface area contributed by atoms with E-state index in [9.17, 15) is 9.59 Å². The first kappa shape index (κ1) is 12.3. The molecule has 0 aliphatic carbocycles. The Morgan fingerprint density at radius 3 is 2.44 bits per heavy atom. The Hall–Kier alpha value is -2.17. The van der Waals surface area contributed by atoms with Crippen molar-refractivity contribution in [3.05, 3.63) is 57.0 Å². The van der Waals surface area contributed by atoms with Gasteiger partial charge in [0.1, 0.15) is 5.82 Å². The Bertz CT molecular complexity index is 666. The third-order valence-electron chi connectivity index (χ3n) is 2.69. The van der Waals surface area contributed by atoms with E-state index in [0.717, 1.165) is 10.1 Å². The maximum absolute atomic E-state index is 12.2. The van der Waals surface area contributed by atoms with Crippen LogP contribution in [0.25, 0.3) is 5.82 Å². The molecule has 0 saturated carbocycles. The number of aryl methyl sites for hydroxylation is 1. The molecule has 0 N–H and O–H groups in total. The molecule has 0 spiro atoms. The molecule has 0 atom stereocenters. The summed E-state index contributed by atoms with van der Waals surface area (Å²) in [5, 5.41) is 0. The topological polar surface area (TPSA) is 56.9 Å². The lowest BCUT2D eigenvalue weighted by molar-refractivity contribution is 0.544. The Kier molecular flexibility index (Phi) is 3.14. The third-order valence-corrected chi connectivity index (χ3v) is 2.69. The van der Waals surface area contributed by atoms with Crippen LogP contribution in [0.4, 0.5) is 0 Å². The molecule has 0 fully saturated rings. The fourth-order valence-electron chi connectivity index (χ4n) is 1.69. The maximum Gasteiger partial charge on any atom is 0.337 e. The molecule has 2 rings (SSSR count). The number of hydrogen-bond donors (Lipinski definition) is 0. The van der Waals surface area contributed by atoms with Gasteiger partial charge in [0.25, 0.3) is 5.56 Å². The highest BCUT2D eigenvalue weighted by Gasteiger charge is 2.09. The van der Waals surface area contributed by atoms with Gasteiger partial charge in [0.05, 0.1) is 0 Å². The Morgan fingerprint density at radius 1 is 1.17 bits per heavy atom. The van der Waals surface area contributed by atoms with Gasteiger partial charge in [0.15, 0.2) is 0 Å². The molecule has 2 aromatic rings. The van der Waals surface area contributed by atoms with Crippen molar-refractivity contribution >= 4 is 0 Å². The number of aromatic nitrogens is 3. The second-order valence-electron chi connectivity index (χ2n) is 4.47. The summed E-state index contributed by atoms with van der Waals surface area (Å²) in [7, 11) is 0. The zero-order valence-electron chi connectivity index (χ0n) is 10.6. The lowest BCUT2D eigenvalue weighted by Crippen LogP contribution is -2.38. The summed E-state index contributed by atoms with van der Waals surface area (Å²) in [6, 6.07) is 4.86. The number of pyridine rings is 1. The van der Waals surface area contributed by atoms with Crippen LogP contribution in [0.3, 0.4) is 0 Å². The van der Waals surface area contributed by atoms with Crippen molar-refractivity contribution in [1.29, 1.82) is 0 Å². The lowest BCUT2D eigenvalue weighted by Gasteiger charge is -2.11. The van der Waals surface area contributed by atoms with Gasteiger partial charge in [-0.25, -0.2) is 14.3 Å². The van der Waals surface area contributed by atoms with Gasteiger partial charge < -0.3 is 0 Å². The van der Waals surface area contributed by atoms with Crippen molar-refractivity contribution in [3.8, 4) is 5.82 Å². The second-order valence-corrected chi connectivity index (χ2v) is 4.47. The van der Waals surface area contributed by atoms with Gasteiger partial charge >= 0.3 is 5.69 Å². The molecular weight excluding hydrogens is 230 g/mol. The van der Waals surface area contributed by atoms with E-state index in [0.29, 0.717) is 5.82 Å². The van der Waals surface area contributed by atoms with E-state index in [2.05, 4.69) is 4.98 Å². The van der Waals surface area contributed by atoms with Crippen LogP contribution in [0, 0.1) is 6.92 Å². The summed E-state index contributed by atoms with van der Waals surface area (Å²) < 4.78 is 2.59. The molecule has 5 nitrogen and oxygen atoms in total. The normalized spacial score (nSPS) is 10.9. The van der Waals surface area contributed by atoms with Crippen molar-refractivity contribution in [2.24, 2.45) is 0 Å². The second kappa shape index (κ2) is 4.60. The molecule has 2 heterocycles. The standard InChI is InChI=1S/C13H15N3O2/c1-9(2)15-7-6-12(17)16(13(15)18)11-5-4-10(3)8-14-11/h4-9H,1-3H3. The van der Waals surface area contributed by atoms with Crippen molar-refractivity contribution in [3.63, 3.8) is 0 Å². The predicted molar refractivity (Wildman–Crippen MR) is 69.2 cm³/mol. The molecule has 0 aliphatic heterocycles. The van der Waals surface area contributed by atoms with E-state index in [1.807, 2.05) is 26.8 Å². The Morgan fingerprint density at radius 2 is 1.89 bits per heavy atom. The molecule has 0 aliphatic rings. The van der Waals surface area contributed by atoms with Gasteiger partial charge in [0, 0.05) is 24.5 Å². The molecule has 18 heavy (non-hydrogen) atoms. The molecule has 0 aromatic carbocycles. The van der Waals surface area contributed by atoms with Crippen LogP contribution in [0.5, 0.6) is 0 Å². The molecule has 0 radical (unpaired) electrons. The van der Waals surface area contributed by atoms with Gasteiger partial charge in [-0.15, -0.1) is 0 Å². The maximum atomic E-state index is 12.2. The fraction of sp³-hybridized carbons (Fsp3) is 0.308. The summed E-state index contributed by atoms with van der Waals surface area (Å²) in [5.74, 6) is 0.352. The van der Waals surface area contributed by atoms with Crippen molar-refractivity contribution in [1.82, 2.24) is 14.1 Å². The first-order chi connectivity index (χ1) is 8.50. The molecular formula is C13H15N3O2. The first-order valence-corrected chi connectivity index (χ1v) is 5.78. The fourth-order valence-corrected chi connectivity index (χ4v) is 1.69. The van der Waals surface area contributed by atoms with E-state index >= 15 is 0 Å². The quantitative estimate of drug-likeness (QED) is 0.801. The molecule has 5 heteroatoms. The van der Waals surface area contributed by atoms with Crippen LogP contribution < -0.4 is 11.2 Å². The van der Waals surface area contributed by atoms with E-state index < -0.39 is 0 Å². The predicted octanol–water partition coefficient (Wildman–Crippen LogP) is 1.28. The average molecular weight is 245 g/mol.